The van der Waals surface area contributed by atoms with E-state index in [2.05, 4.69) is 96.8 Å². The Morgan fingerprint density at radius 3 is 1.93 bits per heavy atom. The van der Waals surface area contributed by atoms with E-state index in [9.17, 15) is 0 Å². The predicted molar refractivity (Wildman–Crippen MR) is 122 cm³/mol. The fourth-order valence-corrected chi connectivity index (χ4v) is 3.77. The lowest BCUT2D eigenvalue weighted by atomic mass is 9.88. The summed E-state index contributed by atoms with van der Waals surface area (Å²) in [6.45, 7) is 6.67. The number of rotatable bonds is 9. The first kappa shape index (κ1) is 19.5. The van der Waals surface area contributed by atoms with Crippen molar-refractivity contribution in [3.05, 3.63) is 102 Å². The van der Waals surface area contributed by atoms with Gasteiger partial charge in [-0.15, -0.1) is 0 Å². The van der Waals surface area contributed by atoms with E-state index in [0.29, 0.717) is 0 Å². The number of hydrogen-bond acceptors (Lipinski definition) is 2. The standard InChI is InChI=1S/C27H29NO/c1-2-26(22-10-5-3-6-11-22)27(23-12-7-4-8-13-23)24-14-16-25(17-15-24)29-21-9-18-28-19-20-28/h3-8,10-17H,2,9,18-21H2,1H3/b27-26+. The third-order valence-electron chi connectivity index (χ3n) is 5.41. The van der Waals surface area contributed by atoms with Gasteiger partial charge in [-0.3, -0.25) is 0 Å². The van der Waals surface area contributed by atoms with E-state index in [0.717, 1.165) is 31.7 Å². The van der Waals surface area contributed by atoms with Crippen molar-refractivity contribution < 1.29 is 4.74 Å². The Balaban J connectivity index is 1.62. The minimum absolute atomic E-state index is 0.779. The number of allylic oxidation sites excluding steroid dienone is 1. The molecule has 0 amide bonds. The van der Waals surface area contributed by atoms with Crippen molar-refractivity contribution in [2.75, 3.05) is 26.2 Å². The fraction of sp³-hybridized carbons (Fsp3) is 0.259. The average molecular weight is 384 g/mol. The van der Waals surface area contributed by atoms with Gasteiger partial charge in [0.15, 0.2) is 0 Å². The molecule has 0 aliphatic carbocycles. The Hall–Kier alpha value is -2.84. The monoisotopic (exact) mass is 383 g/mol. The molecule has 1 aliphatic heterocycles. The molecule has 3 aromatic rings. The van der Waals surface area contributed by atoms with Crippen molar-refractivity contribution in [1.29, 1.82) is 0 Å². The molecule has 1 aliphatic rings. The molecule has 148 valence electrons. The molecule has 2 heteroatoms. The molecule has 29 heavy (non-hydrogen) atoms. The molecule has 0 saturated carbocycles. The van der Waals surface area contributed by atoms with Crippen LogP contribution in [-0.2, 0) is 0 Å². The van der Waals surface area contributed by atoms with E-state index in [-0.39, 0.29) is 0 Å². The van der Waals surface area contributed by atoms with Crippen LogP contribution in [0.25, 0.3) is 11.1 Å². The fourth-order valence-electron chi connectivity index (χ4n) is 3.77. The lowest BCUT2D eigenvalue weighted by Crippen LogP contribution is -2.06. The summed E-state index contributed by atoms with van der Waals surface area (Å²) in [5.41, 5.74) is 6.43. The minimum Gasteiger partial charge on any atom is -0.494 e. The Morgan fingerprint density at radius 2 is 1.34 bits per heavy atom. The summed E-state index contributed by atoms with van der Waals surface area (Å²) in [5, 5.41) is 0. The second kappa shape index (κ2) is 9.58. The summed E-state index contributed by atoms with van der Waals surface area (Å²) < 4.78 is 5.95. The van der Waals surface area contributed by atoms with Crippen molar-refractivity contribution in [3.63, 3.8) is 0 Å². The van der Waals surface area contributed by atoms with Gasteiger partial charge in [0.25, 0.3) is 0 Å². The highest BCUT2D eigenvalue weighted by atomic mass is 16.5. The molecule has 2 nitrogen and oxygen atoms in total. The third kappa shape index (κ3) is 5.16. The van der Waals surface area contributed by atoms with Crippen LogP contribution in [0.5, 0.6) is 5.75 Å². The molecular formula is C27H29NO. The van der Waals surface area contributed by atoms with Gasteiger partial charge < -0.3 is 9.64 Å². The van der Waals surface area contributed by atoms with Crippen LogP contribution in [0.3, 0.4) is 0 Å². The summed E-state index contributed by atoms with van der Waals surface area (Å²) >= 11 is 0. The van der Waals surface area contributed by atoms with E-state index < -0.39 is 0 Å². The largest absolute Gasteiger partial charge is 0.494 e. The minimum atomic E-state index is 0.779. The van der Waals surface area contributed by atoms with Crippen molar-refractivity contribution in [2.45, 2.75) is 19.8 Å². The van der Waals surface area contributed by atoms with Crippen LogP contribution >= 0.6 is 0 Å². The highest BCUT2D eigenvalue weighted by Gasteiger charge is 2.16. The zero-order valence-electron chi connectivity index (χ0n) is 17.2. The van der Waals surface area contributed by atoms with Crippen LogP contribution in [0.15, 0.2) is 84.9 Å². The van der Waals surface area contributed by atoms with Gasteiger partial charge in [0.1, 0.15) is 5.75 Å². The highest BCUT2D eigenvalue weighted by Crippen LogP contribution is 2.34. The Labute approximate surface area is 174 Å². The van der Waals surface area contributed by atoms with Gasteiger partial charge in [-0.25, -0.2) is 0 Å². The SMILES string of the molecule is CC/C(=C(/c1ccccc1)c1ccc(OCCCN2CC2)cc1)c1ccccc1. The van der Waals surface area contributed by atoms with E-state index in [1.165, 1.54) is 40.9 Å². The van der Waals surface area contributed by atoms with Crippen LogP contribution in [0.2, 0.25) is 0 Å². The molecule has 0 N–H and O–H groups in total. The maximum atomic E-state index is 5.95. The first-order chi connectivity index (χ1) is 14.3. The molecular weight excluding hydrogens is 354 g/mol. The van der Waals surface area contributed by atoms with Gasteiger partial charge in [-0.2, -0.15) is 0 Å². The van der Waals surface area contributed by atoms with Gasteiger partial charge >= 0.3 is 0 Å². The van der Waals surface area contributed by atoms with Crippen LogP contribution < -0.4 is 4.74 Å². The summed E-state index contributed by atoms with van der Waals surface area (Å²) in [5.74, 6) is 0.949. The zero-order chi connectivity index (χ0) is 19.9. The van der Waals surface area contributed by atoms with E-state index in [4.69, 9.17) is 4.74 Å². The van der Waals surface area contributed by atoms with Crippen LogP contribution in [0.4, 0.5) is 0 Å². The number of ether oxygens (including phenoxy) is 1. The van der Waals surface area contributed by atoms with Crippen molar-refractivity contribution in [1.82, 2.24) is 4.90 Å². The van der Waals surface area contributed by atoms with Crippen LogP contribution in [0, 0.1) is 0 Å². The first-order valence-electron chi connectivity index (χ1n) is 10.6. The van der Waals surface area contributed by atoms with Crippen LogP contribution in [-0.4, -0.2) is 31.1 Å². The lowest BCUT2D eigenvalue weighted by Gasteiger charge is -2.17. The molecule has 1 fully saturated rings. The van der Waals surface area contributed by atoms with Gasteiger partial charge in [-0.05, 0) is 52.8 Å². The summed E-state index contributed by atoms with van der Waals surface area (Å²) in [6.07, 6.45) is 2.06. The van der Waals surface area contributed by atoms with Gasteiger partial charge in [-0.1, -0.05) is 79.7 Å². The Bertz CT molecular complexity index is 925. The van der Waals surface area contributed by atoms with Crippen molar-refractivity contribution in [3.8, 4) is 5.75 Å². The summed E-state index contributed by atoms with van der Waals surface area (Å²) in [7, 11) is 0. The topological polar surface area (TPSA) is 12.2 Å². The van der Waals surface area contributed by atoms with Gasteiger partial charge in [0, 0.05) is 19.6 Å². The van der Waals surface area contributed by atoms with Gasteiger partial charge in [0.2, 0.25) is 0 Å². The summed E-state index contributed by atoms with van der Waals surface area (Å²) in [4.78, 5) is 2.43. The normalized spacial score (nSPS) is 14.4. The van der Waals surface area contributed by atoms with E-state index in [1.54, 1.807) is 0 Å². The third-order valence-corrected chi connectivity index (χ3v) is 5.41. The number of hydrogen-bond donors (Lipinski definition) is 0. The average Bonchev–Trinajstić information content (AvgIpc) is 3.61. The quantitative estimate of drug-likeness (QED) is 0.250. The van der Waals surface area contributed by atoms with E-state index >= 15 is 0 Å². The van der Waals surface area contributed by atoms with Crippen molar-refractivity contribution in [2.24, 2.45) is 0 Å². The molecule has 0 aromatic heterocycles. The Kier molecular flexibility index (Phi) is 6.43. The number of benzene rings is 3. The maximum absolute atomic E-state index is 5.95. The molecule has 1 heterocycles. The number of nitrogens with zero attached hydrogens (tertiary/aromatic N) is 1. The van der Waals surface area contributed by atoms with Crippen LogP contribution in [0.1, 0.15) is 36.5 Å². The summed E-state index contributed by atoms with van der Waals surface area (Å²) in [6, 6.07) is 30.0. The first-order valence-corrected chi connectivity index (χ1v) is 10.6. The second-order valence-electron chi connectivity index (χ2n) is 7.51. The molecule has 0 radical (unpaired) electrons. The molecule has 4 rings (SSSR count). The maximum Gasteiger partial charge on any atom is 0.119 e. The molecule has 3 aromatic carbocycles. The molecule has 0 spiro atoms. The molecule has 0 bridgehead atoms. The highest BCUT2D eigenvalue weighted by molar-refractivity contribution is 5.98. The predicted octanol–water partition coefficient (Wildman–Crippen LogP) is 6.14. The second-order valence-corrected chi connectivity index (χ2v) is 7.51. The van der Waals surface area contributed by atoms with Crippen molar-refractivity contribution >= 4 is 11.1 Å². The smallest absolute Gasteiger partial charge is 0.119 e. The van der Waals surface area contributed by atoms with Gasteiger partial charge in [0.05, 0.1) is 6.61 Å². The molecule has 0 atom stereocenters. The Morgan fingerprint density at radius 1 is 0.759 bits per heavy atom. The zero-order valence-corrected chi connectivity index (χ0v) is 17.2. The lowest BCUT2D eigenvalue weighted by molar-refractivity contribution is 0.299. The molecule has 0 unspecified atom stereocenters. The molecule has 1 saturated heterocycles. The van der Waals surface area contributed by atoms with E-state index in [1.807, 2.05) is 0 Å².